The maximum atomic E-state index is 13.0. The Morgan fingerprint density at radius 2 is 1.35 bits per heavy atom. The van der Waals surface area contributed by atoms with Crippen molar-refractivity contribution in [2.75, 3.05) is 0 Å². The molecule has 0 fully saturated rings. The zero-order valence-corrected chi connectivity index (χ0v) is 7.80. The van der Waals surface area contributed by atoms with Crippen LogP contribution in [0.25, 0.3) is 0 Å². The van der Waals surface area contributed by atoms with E-state index in [-0.39, 0.29) is 0 Å². The number of nitriles is 1. The van der Waals surface area contributed by atoms with Crippen molar-refractivity contribution in [2.45, 2.75) is 12.6 Å². The summed E-state index contributed by atoms with van der Waals surface area (Å²) in [5.74, 6) is -9.70. The highest BCUT2D eigenvalue weighted by Gasteiger charge is 2.41. The van der Waals surface area contributed by atoms with Gasteiger partial charge in [-0.1, -0.05) is 0 Å². The van der Waals surface area contributed by atoms with Crippen molar-refractivity contribution in [2.24, 2.45) is 0 Å². The van der Waals surface area contributed by atoms with Crippen molar-refractivity contribution in [3.05, 3.63) is 34.4 Å². The molecule has 0 saturated carbocycles. The van der Waals surface area contributed by atoms with Gasteiger partial charge in [-0.2, -0.15) is 18.4 Å². The molecule has 0 N–H and O–H groups in total. The first-order chi connectivity index (χ1) is 7.71. The lowest BCUT2D eigenvalue weighted by Gasteiger charge is -2.14. The molecule has 0 aliphatic rings. The van der Waals surface area contributed by atoms with Gasteiger partial charge in [0.15, 0.2) is 23.3 Å². The van der Waals surface area contributed by atoms with Crippen LogP contribution in [0.2, 0.25) is 0 Å². The highest BCUT2D eigenvalue weighted by molar-refractivity contribution is 5.36. The summed E-state index contributed by atoms with van der Waals surface area (Å²) in [7, 11) is 0. The number of halogens is 7. The molecule has 0 heterocycles. The minimum atomic E-state index is -5.42. The van der Waals surface area contributed by atoms with E-state index in [1.54, 1.807) is 0 Å². The Balaban J connectivity index is 3.73. The van der Waals surface area contributed by atoms with Crippen LogP contribution in [-0.2, 0) is 12.6 Å². The SMILES string of the molecule is N#CCc1c(F)c(F)c(F)c(F)c1C(F)(F)F. The van der Waals surface area contributed by atoms with Crippen LogP contribution in [0.15, 0.2) is 0 Å². The van der Waals surface area contributed by atoms with Crippen molar-refractivity contribution in [3.63, 3.8) is 0 Å². The fourth-order valence-electron chi connectivity index (χ4n) is 1.22. The maximum Gasteiger partial charge on any atom is 0.419 e. The molecule has 1 nitrogen and oxygen atoms in total. The average Bonchev–Trinajstić information content (AvgIpc) is 2.21. The van der Waals surface area contributed by atoms with Crippen LogP contribution < -0.4 is 0 Å². The monoisotopic (exact) mass is 257 g/mol. The molecule has 8 heteroatoms. The molecule has 0 saturated heterocycles. The summed E-state index contributed by atoms with van der Waals surface area (Å²) in [5.41, 5.74) is -3.84. The van der Waals surface area contributed by atoms with Crippen molar-refractivity contribution in [3.8, 4) is 6.07 Å². The third kappa shape index (κ3) is 2.18. The Bertz CT molecular complexity index is 498. The molecule has 0 amide bonds. The third-order valence-corrected chi connectivity index (χ3v) is 1.90. The fourth-order valence-corrected chi connectivity index (χ4v) is 1.22. The van der Waals surface area contributed by atoms with Crippen LogP contribution in [-0.4, -0.2) is 0 Å². The van der Waals surface area contributed by atoms with Gasteiger partial charge in [0.25, 0.3) is 0 Å². The van der Waals surface area contributed by atoms with Gasteiger partial charge in [0.1, 0.15) is 5.56 Å². The summed E-state index contributed by atoms with van der Waals surface area (Å²) in [4.78, 5) is 0. The van der Waals surface area contributed by atoms with Crippen LogP contribution in [0.5, 0.6) is 0 Å². The Hall–Kier alpha value is -1.78. The Kier molecular flexibility index (Phi) is 3.31. The zero-order valence-electron chi connectivity index (χ0n) is 7.80. The number of rotatable bonds is 1. The van der Waals surface area contributed by atoms with Gasteiger partial charge in [-0.05, 0) is 0 Å². The van der Waals surface area contributed by atoms with E-state index in [1.807, 2.05) is 0 Å². The molecule has 0 unspecified atom stereocenters. The summed E-state index contributed by atoms with van der Waals surface area (Å²) in [6, 6.07) is 1.12. The molecular weight excluding hydrogens is 255 g/mol. The van der Waals surface area contributed by atoms with Gasteiger partial charge < -0.3 is 0 Å². The predicted molar refractivity (Wildman–Crippen MR) is 40.6 cm³/mol. The summed E-state index contributed by atoms with van der Waals surface area (Å²) in [5, 5.41) is 8.16. The topological polar surface area (TPSA) is 23.8 Å². The number of alkyl halides is 3. The summed E-state index contributed by atoms with van der Waals surface area (Å²) in [6.07, 6.45) is -6.65. The average molecular weight is 257 g/mol. The van der Waals surface area contributed by atoms with E-state index in [4.69, 9.17) is 5.26 Å². The van der Waals surface area contributed by atoms with Crippen LogP contribution in [0, 0.1) is 34.6 Å². The molecular formula is C9H2F7N. The highest BCUT2D eigenvalue weighted by atomic mass is 19.4. The van der Waals surface area contributed by atoms with Crippen molar-refractivity contribution < 1.29 is 30.7 Å². The fraction of sp³-hybridized carbons (Fsp3) is 0.222. The predicted octanol–water partition coefficient (Wildman–Crippen LogP) is 3.33. The van der Waals surface area contributed by atoms with E-state index in [0.717, 1.165) is 6.07 Å². The van der Waals surface area contributed by atoms with Gasteiger partial charge in [-0.15, -0.1) is 0 Å². The second-order valence-corrected chi connectivity index (χ2v) is 2.94. The number of hydrogen-bond acceptors (Lipinski definition) is 1. The maximum absolute atomic E-state index is 13.0. The largest absolute Gasteiger partial charge is 0.419 e. The van der Waals surface area contributed by atoms with Gasteiger partial charge >= 0.3 is 6.18 Å². The summed E-state index contributed by atoms with van der Waals surface area (Å²) in [6.45, 7) is 0. The Morgan fingerprint density at radius 3 is 1.76 bits per heavy atom. The van der Waals surface area contributed by atoms with Gasteiger partial charge in [-0.25, -0.2) is 17.6 Å². The molecule has 0 aliphatic heterocycles. The van der Waals surface area contributed by atoms with Crippen LogP contribution in [0.4, 0.5) is 30.7 Å². The first-order valence-corrected chi connectivity index (χ1v) is 4.00. The normalized spacial score (nSPS) is 11.4. The lowest BCUT2D eigenvalue weighted by molar-refractivity contribution is -0.141. The second-order valence-electron chi connectivity index (χ2n) is 2.94. The van der Waals surface area contributed by atoms with Crippen molar-refractivity contribution >= 4 is 0 Å². The third-order valence-electron chi connectivity index (χ3n) is 1.90. The van der Waals surface area contributed by atoms with E-state index < -0.39 is 47.0 Å². The smallest absolute Gasteiger partial charge is 0.203 e. The molecule has 0 aliphatic carbocycles. The van der Waals surface area contributed by atoms with E-state index in [1.165, 1.54) is 0 Å². The van der Waals surface area contributed by atoms with E-state index in [2.05, 4.69) is 0 Å². The zero-order chi connectivity index (χ0) is 13.4. The number of nitrogens with zero attached hydrogens (tertiary/aromatic N) is 1. The number of hydrogen-bond donors (Lipinski definition) is 0. The lowest BCUT2D eigenvalue weighted by Crippen LogP contribution is -2.17. The van der Waals surface area contributed by atoms with Crippen molar-refractivity contribution in [1.82, 2.24) is 0 Å². The van der Waals surface area contributed by atoms with Gasteiger partial charge in [-0.3, -0.25) is 0 Å². The minimum Gasteiger partial charge on any atom is -0.203 e. The molecule has 1 aromatic carbocycles. The molecule has 17 heavy (non-hydrogen) atoms. The van der Waals surface area contributed by atoms with Crippen LogP contribution in [0.1, 0.15) is 11.1 Å². The van der Waals surface area contributed by atoms with Crippen LogP contribution in [0.3, 0.4) is 0 Å². The van der Waals surface area contributed by atoms with Crippen LogP contribution >= 0.6 is 0 Å². The standard InChI is InChI=1S/C9H2F7N/c10-5-3(1-2-17)4(9(14,15)16)6(11)8(13)7(5)12/h1H2. The quantitative estimate of drug-likeness (QED) is 0.430. The molecule has 1 rings (SSSR count). The molecule has 0 aromatic heterocycles. The van der Waals surface area contributed by atoms with Gasteiger partial charge in [0.05, 0.1) is 12.5 Å². The lowest BCUT2D eigenvalue weighted by atomic mass is 10.0. The van der Waals surface area contributed by atoms with Gasteiger partial charge in [0, 0.05) is 5.56 Å². The van der Waals surface area contributed by atoms with Crippen molar-refractivity contribution in [1.29, 1.82) is 5.26 Å². The van der Waals surface area contributed by atoms with Gasteiger partial charge in [0.2, 0.25) is 0 Å². The molecule has 0 atom stereocenters. The minimum absolute atomic E-state index is 1.12. The molecule has 92 valence electrons. The number of benzene rings is 1. The molecule has 0 bridgehead atoms. The van der Waals surface area contributed by atoms with E-state index in [9.17, 15) is 30.7 Å². The summed E-state index contributed by atoms with van der Waals surface area (Å²) < 4.78 is 88.2. The highest BCUT2D eigenvalue weighted by Crippen LogP contribution is 2.37. The van der Waals surface area contributed by atoms with E-state index in [0.29, 0.717) is 0 Å². The molecule has 0 radical (unpaired) electrons. The first-order valence-electron chi connectivity index (χ1n) is 4.00. The summed E-state index contributed by atoms with van der Waals surface area (Å²) >= 11 is 0. The molecule has 0 spiro atoms. The molecule has 1 aromatic rings. The Labute approximate surface area is 90.1 Å². The first kappa shape index (κ1) is 13.3. The van der Waals surface area contributed by atoms with E-state index >= 15 is 0 Å². The second kappa shape index (κ2) is 4.24. The Morgan fingerprint density at radius 1 is 0.882 bits per heavy atom.